The zero-order valence-electron chi connectivity index (χ0n) is 12.1. The van der Waals surface area contributed by atoms with Gasteiger partial charge in [0.15, 0.2) is 0 Å². The van der Waals surface area contributed by atoms with E-state index in [1.165, 1.54) is 11.3 Å². The lowest BCUT2D eigenvalue weighted by Gasteiger charge is -2.19. The molecule has 0 bridgehead atoms. The second-order valence-electron chi connectivity index (χ2n) is 4.43. The Kier molecular flexibility index (Phi) is 5.19. The molecular formula is C13H24N4O. The summed E-state index contributed by atoms with van der Waals surface area (Å²) in [5, 5.41) is 7.32. The minimum absolute atomic E-state index is 0.0131. The summed E-state index contributed by atoms with van der Waals surface area (Å²) in [6.45, 7) is 10.2. The van der Waals surface area contributed by atoms with Gasteiger partial charge in [0.1, 0.15) is 0 Å². The minimum atomic E-state index is 0.0131. The molecular weight excluding hydrogens is 228 g/mol. The summed E-state index contributed by atoms with van der Waals surface area (Å²) in [6.07, 6.45) is 0.832. The molecule has 0 aliphatic carbocycles. The summed E-state index contributed by atoms with van der Waals surface area (Å²) in [7, 11) is 1.94. The zero-order valence-corrected chi connectivity index (χ0v) is 12.1. The number of nitrogens with zero attached hydrogens (tertiary/aromatic N) is 3. The van der Waals surface area contributed by atoms with Crippen molar-refractivity contribution in [3.8, 4) is 0 Å². The van der Waals surface area contributed by atoms with Gasteiger partial charge in [-0.2, -0.15) is 5.10 Å². The third-order valence-electron chi connectivity index (χ3n) is 3.36. The highest BCUT2D eigenvalue weighted by molar-refractivity contribution is 5.74. The second-order valence-corrected chi connectivity index (χ2v) is 4.43. The summed E-state index contributed by atoms with van der Waals surface area (Å²) in [5.41, 5.74) is 3.45. The van der Waals surface area contributed by atoms with E-state index in [9.17, 15) is 4.79 Å². The number of urea groups is 1. The average Bonchev–Trinajstić information content (AvgIpc) is 2.57. The van der Waals surface area contributed by atoms with Gasteiger partial charge in [0.2, 0.25) is 0 Å². The first kappa shape index (κ1) is 14.5. The van der Waals surface area contributed by atoms with Crippen LogP contribution in [0.15, 0.2) is 0 Å². The Labute approximate surface area is 109 Å². The van der Waals surface area contributed by atoms with E-state index in [0.717, 1.165) is 25.2 Å². The van der Waals surface area contributed by atoms with Gasteiger partial charge in [-0.25, -0.2) is 4.79 Å². The van der Waals surface area contributed by atoms with Crippen LogP contribution in [-0.2, 0) is 13.5 Å². The number of nitrogens with one attached hydrogen (secondary N) is 1. The molecule has 102 valence electrons. The first-order chi connectivity index (χ1) is 8.51. The van der Waals surface area contributed by atoms with E-state index in [2.05, 4.69) is 17.3 Å². The van der Waals surface area contributed by atoms with E-state index in [-0.39, 0.29) is 6.03 Å². The summed E-state index contributed by atoms with van der Waals surface area (Å²) >= 11 is 0. The van der Waals surface area contributed by atoms with Crippen molar-refractivity contribution in [2.75, 3.05) is 19.6 Å². The number of carbonyl (C=O) groups excluding carboxylic acids is 1. The Balaban J connectivity index is 2.49. The van der Waals surface area contributed by atoms with Crippen LogP contribution in [0.5, 0.6) is 0 Å². The zero-order chi connectivity index (χ0) is 13.7. The Morgan fingerprint density at radius 1 is 1.33 bits per heavy atom. The molecule has 0 radical (unpaired) electrons. The van der Waals surface area contributed by atoms with E-state index < -0.39 is 0 Å². The fourth-order valence-electron chi connectivity index (χ4n) is 2.10. The molecule has 0 spiro atoms. The highest BCUT2D eigenvalue weighted by atomic mass is 16.2. The van der Waals surface area contributed by atoms with Gasteiger partial charge in [-0.05, 0) is 39.7 Å². The molecule has 18 heavy (non-hydrogen) atoms. The van der Waals surface area contributed by atoms with Crippen LogP contribution in [0.2, 0.25) is 0 Å². The summed E-state index contributed by atoms with van der Waals surface area (Å²) in [4.78, 5) is 13.5. The highest BCUT2D eigenvalue weighted by Gasteiger charge is 2.11. The first-order valence-corrected chi connectivity index (χ1v) is 6.53. The van der Waals surface area contributed by atoms with Crippen LogP contribution in [0, 0.1) is 13.8 Å². The predicted molar refractivity (Wildman–Crippen MR) is 72.7 cm³/mol. The molecule has 0 atom stereocenters. The number of rotatable bonds is 5. The Bertz CT molecular complexity index is 407. The molecule has 0 fully saturated rings. The largest absolute Gasteiger partial charge is 0.338 e. The molecule has 1 aromatic heterocycles. The van der Waals surface area contributed by atoms with Gasteiger partial charge in [0, 0.05) is 32.4 Å². The van der Waals surface area contributed by atoms with Crippen LogP contribution in [-0.4, -0.2) is 40.3 Å². The average molecular weight is 252 g/mol. The molecule has 0 saturated carbocycles. The fourth-order valence-corrected chi connectivity index (χ4v) is 2.10. The molecule has 1 rings (SSSR count). The van der Waals surface area contributed by atoms with Crippen molar-refractivity contribution in [2.45, 2.75) is 34.1 Å². The van der Waals surface area contributed by atoms with Gasteiger partial charge in [-0.1, -0.05) is 0 Å². The number of hydrogen-bond donors (Lipinski definition) is 1. The maximum atomic E-state index is 11.8. The van der Waals surface area contributed by atoms with Gasteiger partial charge in [-0.3, -0.25) is 4.68 Å². The molecule has 1 heterocycles. The van der Waals surface area contributed by atoms with Crippen LogP contribution >= 0.6 is 0 Å². The molecule has 1 N–H and O–H groups in total. The third kappa shape index (κ3) is 3.24. The van der Waals surface area contributed by atoms with Crippen LogP contribution in [0.3, 0.4) is 0 Å². The monoisotopic (exact) mass is 252 g/mol. The molecule has 0 unspecified atom stereocenters. The van der Waals surface area contributed by atoms with Crippen molar-refractivity contribution in [1.29, 1.82) is 0 Å². The van der Waals surface area contributed by atoms with Gasteiger partial charge in [-0.15, -0.1) is 0 Å². The molecule has 5 nitrogen and oxygen atoms in total. The van der Waals surface area contributed by atoms with Crippen molar-refractivity contribution in [1.82, 2.24) is 20.0 Å². The van der Waals surface area contributed by atoms with Crippen molar-refractivity contribution >= 4 is 6.03 Å². The normalized spacial score (nSPS) is 10.5. The number of carbonyl (C=O) groups is 1. The number of amides is 2. The first-order valence-electron chi connectivity index (χ1n) is 6.53. The van der Waals surface area contributed by atoms with Crippen LogP contribution in [0.25, 0.3) is 0 Å². The lowest BCUT2D eigenvalue weighted by atomic mass is 10.1. The minimum Gasteiger partial charge on any atom is -0.338 e. The fraction of sp³-hybridized carbons (Fsp3) is 0.692. The van der Waals surface area contributed by atoms with Crippen molar-refractivity contribution < 1.29 is 4.79 Å². The summed E-state index contributed by atoms with van der Waals surface area (Å²) in [6, 6.07) is 0.0131. The van der Waals surface area contributed by atoms with Crippen molar-refractivity contribution in [2.24, 2.45) is 7.05 Å². The van der Waals surface area contributed by atoms with Crippen molar-refractivity contribution in [3.05, 3.63) is 17.0 Å². The maximum absolute atomic E-state index is 11.8. The van der Waals surface area contributed by atoms with E-state index in [4.69, 9.17) is 0 Å². The number of aryl methyl sites for hydroxylation is 2. The van der Waals surface area contributed by atoms with Gasteiger partial charge < -0.3 is 10.2 Å². The number of hydrogen-bond acceptors (Lipinski definition) is 2. The van der Waals surface area contributed by atoms with Gasteiger partial charge >= 0.3 is 6.03 Å². The number of aromatic nitrogens is 2. The van der Waals surface area contributed by atoms with Crippen molar-refractivity contribution in [3.63, 3.8) is 0 Å². The van der Waals surface area contributed by atoms with Crippen LogP contribution in [0.1, 0.15) is 30.8 Å². The quantitative estimate of drug-likeness (QED) is 0.866. The molecule has 5 heteroatoms. The molecule has 0 aliphatic rings. The van der Waals surface area contributed by atoms with Crippen LogP contribution < -0.4 is 5.32 Å². The molecule has 0 aromatic carbocycles. The SMILES string of the molecule is CCN(CC)C(=O)NCCc1c(C)nn(C)c1C. The summed E-state index contributed by atoms with van der Waals surface area (Å²) in [5.74, 6) is 0. The Morgan fingerprint density at radius 2 is 1.94 bits per heavy atom. The Morgan fingerprint density at radius 3 is 2.39 bits per heavy atom. The highest BCUT2D eigenvalue weighted by Crippen LogP contribution is 2.11. The van der Waals surface area contributed by atoms with Gasteiger partial charge in [0.05, 0.1) is 5.69 Å². The smallest absolute Gasteiger partial charge is 0.317 e. The lowest BCUT2D eigenvalue weighted by molar-refractivity contribution is 0.203. The van der Waals surface area contributed by atoms with E-state index in [1.54, 1.807) is 4.90 Å². The summed E-state index contributed by atoms with van der Waals surface area (Å²) < 4.78 is 1.89. The van der Waals surface area contributed by atoms with E-state index in [1.807, 2.05) is 32.5 Å². The molecule has 0 saturated heterocycles. The molecule has 2 amide bonds. The van der Waals surface area contributed by atoms with E-state index >= 15 is 0 Å². The topological polar surface area (TPSA) is 50.2 Å². The Hall–Kier alpha value is -1.52. The molecule has 0 aliphatic heterocycles. The van der Waals surface area contributed by atoms with E-state index in [0.29, 0.717) is 6.54 Å². The lowest BCUT2D eigenvalue weighted by Crippen LogP contribution is -2.40. The third-order valence-corrected chi connectivity index (χ3v) is 3.36. The second kappa shape index (κ2) is 6.42. The van der Waals surface area contributed by atoms with Crippen LogP contribution in [0.4, 0.5) is 4.79 Å². The maximum Gasteiger partial charge on any atom is 0.317 e. The van der Waals surface area contributed by atoms with Gasteiger partial charge in [0.25, 0.3) is 0 Å². The predicted octanol–water partition coefficient (Wildman–Crippen LogP) is 1.63. The standard InChI is InChI=1S/C13H24N4O/c1-6-17(7-2)13(18)14-9-8-12-10(3)15-16(5)11(12)4/h6-9H2,1-5H3,(H,14,18). The molecule has 1 aromatic rings.